The molecule has 1 aliphatic carbocycles. The first kappa shape index (κ1) is 15.4. The third kappa shape index (κ3) is 3.10. The number of pyridine rings is 1. The molecule has 4 rings (SSSR count). The van der Waals surface area contributed by atoms with E-state index in [-0.39, 0.29) is 24.2 Å². The van der Waals surface area contributed by atoms with Crippen LogP contribution in [0.25, 0.3) is 22.6 Å². The standard InChI is InChI=1S/C17H16N4O4/c1-9-15-11(16(23)18-8-14(22)19-10-4-5-10)7-12(13-3-2-6-24-13)20-17(15)25-21-9/h2-3,6-7,10H,4-5,8H2,1H3,(H,18,23)(H,19,22). The van der Waals surface area contributed by atoms with Crippen molar-refractivity contribution in [3.05, 3.63) is 35.7 Å². The normalized spacial score (nSPS) is 13.8. The number of carbonyl (C=O) groups excluding carboxylic acids is 2. The van der Waals surface area contributed by atoms with Gasteiger partial charge in [0.1, 0.15) is 5.69 Å². The van der Waals surface area contributed by atoms with Gasteiger partial charge in [-0.3, -0.25) is 9.59 Å². The van der Waals surface area contributed by atoms with E-state index in [2.05, 4.69) is 20.8 Å². The van der Waals surface area contributed by atoms with Crippen LogP contribution in [-0.2, 0) is 4.79 Å². The molecule has 8 heteroatoms. The Labute approximate surface area is 142 Å². The van der Waals surface area contributed by atoms with Crippen LogP contribution in [0.5, 0.6) is 0 Å². The highest BCUT2D eigenvalue weighted by molar-refractivity contribution is 6.07. The molecule has 1 fully saturated rings. The Bertz CT molecular complexity index is 941. The van der Waals surface area contributed by atoms with Gasteiger partial charge in [0.25, 0.3) is 11.6 Å². The smallest absolute Gasteiger partial charge is 0.259 e. The first-order valence-electron chi connectivity index (χ1n) is 8.00. The topological polar surface area (TPSA) is 110 Å². The first-order chi connectivity index (χ1) is 12.1. The molecule has 25 heavy (non-hydrogen) atoms. The Morgan fingerprint density at radius 3 is 2.92 bits per heavy atom. The SMILES string of the molecule is Cc1noc2nc(-c3ccco3)cc(C(=O)NCC(=O)NC3CC3)c12. The molecular formula is C17H16N4O4. The molecule has 3 aromatic heterocycles. The van der Waals surface area contributed by atoms with Gasteiger partial charge in [-0.25, -0.2) is 4.98 Å². The molecule has 2 N–H and O–H groups in total. The molecule has 2 amide bonds. The number of rotatable bonds is 5. The van der Waals surface area contributed by atoms with E-state index >= 15 is 0 Å². The fraction of sp³-hybridized carbons (Fsp3) is 0.294. The number of amides is 2. The minimum Gasteiger partial charge on any atom is -0.463 e. The summed E-state index contributed by atoms with van der Waals surface area (Å²) in [6, 6.07) is 5.33. The molecule has 0 bridgehead atoms. The predicted octanol–water partition coefficient (Wildman–Crippen LogP) is 1.80. The maximum Gasteiger partial charge on any atom is 0.259 e. The molecule has 1 aliphatic rings. The Morgan fingerprint density at radius 1 is 1.36 bits per heavy atom. The van der Waals surface area contributed by atoms with Crippen LogP contribution in [0.4, 0.5) is 0 Å². The quantitative estimate of drug-likeness (QED) is 0.733. The number of hydrogen-bond donors (Lipinski definition) is 2. The monoisotopic (exact) mass is 340 g/mol. The van der Waals surface area contributed by atoms with Gasteiger partial charge in [-0.05, 0) is 38.0 Å². The van der Waals surface area contributed by atoms with E-state index in [1.165, 1.54) is 6.26 Å². The fourth-order valence-corrected chi connectivity index (χ4v) is 2.59. The van der Waals surface area contributed by atoms with Crippen molar-refractivity contribution in [1.29, 1.82) is 0 Å². The number of aryl methyl sites for hydroxylation is 1. The van der Waals surface area contributed by atoms with E-state index < -0.39 is 5.91 Å². The Kier molecular flexibility index (Phi) is 3.72. The molecule has 8 nitrogen and oxygen atoms in total. The summed E-state index contributed by atoms with van der Waals surface area (Å²) < 4.78 is 10.5. The number of carbonyl (C=O) groups is 2. The van der Waals surface area contributed by atoms with E-state index in [0.717, 1.165) is 12.8 Å². The summed E-state index contributed by atoms with van der Waals surface area (Å²) in [7, 11) is 0. The van der Waals surface area contributed by atoms with Crippen molar-refractivity contribution in [3.8, 4) is 11.5 Å². The molecule has 0 aliphatic heterocycles. The number of nitrogens with zero attached hydrogens (tertiary/aromatic N) is 2. The number of furan rings is 1. The van der Waals surface area contributed by atoms with Gasteiger partial charge in [-0.15, -0.1) is 0 Å². The highest BCUT2D eigenvalue weighted by Gasteiger charge is 2.24. The van der Waals surface area contributed by atoms with Crippen LogP contribution in [-0.4, -0.2) is 34.5 Å². The van der Waals surface area contributed by atoms with E-state index in [0.29, 0.717) is 28.1 Å². The molecule has 3 aromatic rings. The van der Waals surface area contributed by atoms with Crippen molar-refractivity contribution in [2.45, 2.75) is 25.8 Å². The number of nitrogens with one attached hydrogen (secondary N) is 2. The summed E-state index contributed by atoms with van der Waals surface area (Å²) in [6.45, 7) is 1.65. The van der Waals surface area contributed by atoms with Gasteiger partial charge in [0, 0.05) is 6.04 Å². The minimum atomic E-state index is -0.391. The van der Waals surface area contributed by atoms with Crippen LogP contribution in [0.15, 0.2) is 33.4 Å². The van der Waals surface area contributed by atoms with Gasteiger partial charge in [-0.1, -0.05) is 5.16 Å². The highest BCUT2D eigenvalue weighted by Crippen LogP contribution is 2.27. The molecule has 0 spiro atoms. The predicted molar refractivity (Wildman–Crippen MR) is 87.7 cm³/mol. The molecule has 0 aromatic carbocycles. The van der Waals surface area contributed by atoms with Crippen LogP contribution in [0.2, 0.25) is 0 Å². The van der Waals surface area contributed by atoms with E-state index in [1.807, 2.05) is 0 Å². The lowest BCUT2D eigenvalue weighted by atomic mass is 10.1. The number of hydrogen-bond acceptors (Lipinski definition) is 6. The van der Waals surface area contributed by atoms with Gasteiger partial charge < -0.3 is 19.6 Å². The summed E-state index contributed by atoms with van der Waals surface area (Å²) in [5.41, 5.74) is 1.61. The van der Waals surface area contributed by atoms with Crippen molar-refractivity contribution in [1.82, 2.24) is 20.8 Å². The second kappa shape index (κ2) is 6.04. The summed E-state index contributed by atoms with van der Waals surface area (Å²) in [4.78, 5) is 28.7. The van der Waals surface area contributed by atoms with E-state index in [1.54, 1.807) is 25.1 Å². The van der Waals surface area contributed by atoms with Gasteiger partial charge in [0.15, 0.2) is 5.76 Å². The fourth-order valence-electron chi connectivity index (χ4n) is 2.59. The van der Waals surface area contributed by atoms with Gasteiger partial charge in [0.05, 0.1) is 29.5 Å². The van der Waals surface area contributed by atoms with Crippen molar-refractivity contribution in [2.24, 2.45) is 0 Å². The average Bonchev–Trinajstić information content (AvgIpc) is 3.10. The molecular weight excluding hydrogens is 324 g/mol. The zero-order valence-electron chi connectivity index (χ0n) is 13.5. The van der Waals surface area contributed by atoms with E-state index in [9.17, 15) is 9.59 Å². The second-order valence-electron chi connectivity index (χ2n) is 6.00. The summed E-state index contributed by atoms with van der Waals surface area (Å²) in [6.07, 6.45) is 3.52. The largest absolute Gasteiger partial charge is 0.463 e. The van der Waals surface area contributed by atoms with Crippen LogP contribution in [0.1, 0.15) is 28.9 Å². The molecule has 128 valence electrons. The summed E-state index contributed by atoms with van der Waals surface area (Å²) in [5.74, 6) is -0.0802. The lowest BCUT2D eigenvalue weighted by Crippen LogP contribution is -2.37. The summed E-state index contributed by atoms with van der Waals surface area (Å²) in [5, 5.41) is 9.86. The van der Waals surface area contributed by atoms with Crippen molar-refractivity contribution in [2.75, 3.05) is 6.54 Å². The average molecular weight is 340 g/mol. The molecule has 3 heterocycles. The Hall–Kier alpha value is -3.16. The third-order valence-electron chi connectivity index (χ3n) is 3.99. The van der Waals surface area contributed by atoms with Crippen molar-refractivity contribution in [3.63, 3.8) is 0 Å². The van der Waals surface area contributed by atoms with E-state index in [4.69, 9.17) is 8.94 Å². The number of aromatic nitrogens is 2. The van der Waals surface area contributed by atoms with Crippen LogP contribution >= 0.6 is 0 Å². The molecule has 0 saturated heterocycles. The van der Waals surface area contributed by atoms with Crippen LogP contribution in [0.3, 0.4) is 0 Å². The molecule has 0 radical (unpaired) electrons. The Balaban J connectivity index is 1.63. The molecule has 0 unspecified atom stereocenters. The maximum atomic E-state index is 12.6. The number of fused-ring (bicyclic) bond motifs is 1. The van der Waals surface area contributed by atoms with Gasteiger partial charge >= 0.3 is 0 Å². The zero-order chi connectivity index (χ0) is 17.4. The second-order valence-corrected chi connectivity index (χ2v) is 6.00. The van der Waals surface area contributed by atoms with Crippen LogP contribution < -0.4 is 10.6 Å². The first-order valence-corrected chi connectivity index (χ1v) is 8.00. The highest BCUT2D eigenvalue weighted by atomic mass is 16.5. The third-order valence-corrected chi connectivity index (χ3v) is 3.99. The minimum absolute atomic E-state index is 0.0838. The van der Waals surface area contributed by atoms with Gasteiger partial charge in [0.2, 0.25) is 5.91 Å². The lowest BCUT2D eigenvalue weighted by molar-refractivity contribution is -0.120. The zero-order valence-corrected chi connectivity index (χ0v) is 13.5. The van der Waals surface area contributed by atoms with Crippen molar-refractivity contribution < 1.29 is 18.5 Å². The molecule has 1 saturated carbocycles. The maximum absolute atomic E-state index is 12.6. The van der Waals surface area contributed by atoms with Crippen molar-refractivity contribution >= 4 is 22.9 Å². The summed E-state index contributed by atoms with van der Waals surface area (Å²) >= 11 is 0. The molecule has 0 atom stereocenters. The van der Waals surface area contributed by atoms with Crippen LogP contribution in [0, 0.1) is 6.92 Å². The van der Waals surface area contributed by atoms with Gasteiger partial charge in [-0.2, -0.15) is 0 Å². The lowest BCUT2D eigenvalue weighted by Gasteiger charge is -2.08. The Morgan fingerprint density at radius 2 is 2.20 bits per heavy atom.